The first-order valence-corrected chi connectivity index (χ1v) is 12.3. The van der Waals surface area contributed by atoms with Crippen LogP contribution in [-0.2, 0) is 20.7 Å². The van der Waals surface area contributed by atoms with Crippen LogP contribution in [0, 0.1) is 25.2 Å². The first kappa shape index (κ1) is 26.5. The Labute approximate surface area is 221 Å². The molecule has 0 aliphatic carbocycles. The molecule has 0 radical (unpaired) electrons. The Hall–Kier alpha value is -3.57. The second-order valence-electron chi connectivity index (χ2n) is 9.45. The van der Waals surface area contributed by atoms with Crippen LogP contribution in [0.1, 0.15) is 36.1 Å². The van der Waals surface area contributed by atoms with E-state index in [-0.39, 0.29) is 18.4 Å². The molecule has 7 nitrogen and oxygen atoms in total. The summed E-state index contributed by atoms with van der Waals surface area (Å²) in [5.41, 5.74) is 3.70. The predicted molar refractivity (Wildman–Crippen MR) is 141 cm³/mol. The van der Waals surface area contributed by atoms with Crippen molar-refractivity contribution in [3.63, 3.8) is 0 Å². The molecule has 0 bridgehead atoms. The van der Waals surface area contributed by atoms with Crippen LogP contribution in [0.5, 0.6) is 17.2 Å². The summed E-state index contributed by atoms with van der Waals surface area (Å²) in [6, 6.07) is 18.0. The lowest BCUT2D eigenvalue weighted by molar-refractivity contribution is -0.141. The number of nitrogens with zero attached hydrogens (tertiary/aromatic N) is 1. The molecule has 0 spiro atoms. The predicted octanol–water partition coefficient (Wildman–Crippen LogP) is 6.33. The third-order valence-corrected chi connectivity index (χ3v) is 6.04. The molecule has 4 rings (SSSR count). The second-order valence-corrected chi connectivity index (χ2v) is 9.89. The van der Waals surface area contributed by atoms with Crippen molar-refractivity contribution in [2.45, 2.75) is 46.0 Å². The smallest absolute Gasteiger partial charge is 0.228 e. The van der Waals surface area contributed by atoms with Gasteiger partial charge in [0.1, 0.15) is 30.0 Å². The lowest BCUT2D eigenvalue weighted by Gasteiger charge is -2.17. The Kier molecular flexibility index (Phi) is 8.03. The fraction of sp³-hybridized carbons (Fsp3) is 0.310. The van der Waals surface area contributed by atoms with Crippen molar-refractivity contribution in [3.05, 3.63) is 81.9 Å². The van der Waals surface area contributed by atoms with Gasteiger partial charge < -0.3 is 24.3 Å². The number of carbonyl (C=O) groups is 1. The summed E-state index contributed by atoms with van der Waals surface area (Å²) in [5.74, 6) is 1.01. The number of aryl methyl sites for hydroxylation is 2. The van der Waals surface area contributed by atoms with Crippen molar-refractivity contribution in [1.82, 2.24) is 0 Å². The molecule has 0 saturated carbocycles. The lowest BCUT2D eigenvalue weighted by Crippen LogP contribution is -2.25. The minimum absolute atomic E-state index is 0.120. The number of ether oxygens (including phenoxy) is 4. The van der Waals surface area contributed by atoms with Crippen LogP contribution in [0.25, 0.3) is 0 Å². The maximum Gasteiger partial charge on any atom is 0.228 e. The van der Waals surface area contributed by atoms with Gasteiger partial charge in [-0.1, -0.05) is 23.7 Å². The highest BCUT2D eigenvalue weighted by atomic mass is 35.5. The summed E-state index contributed by atoms with van der Waals surface area (Å²) in [6.07, 6.45) is 0.0487. The zero-order chi connectivity index (χ0) is 26.6. The van der Waals surface area contributed by atoms with Crippen molar-refractivity contribution in [1.29, 1.82) is 5.26 Å². The average molecular weight is 521 g/mol. The molecule has 3 aromatic rings. The number of halogens is 1. The molecule has 1 aliphatic heterocycles. The van der Waals surface area contributed by atoms with Gasteiger partial charge in [0.05, 0.1) is 24.7 Å². The van der Waals surface area contributed by atoms with Crippen LogP contribution in [0.3, 0.4) is 0 Å². The van der Waals surface area contributed by atoms with Gasteiger partial charge in [-0.25, -0.2) is 0 Å². The molecule has 1 saturated heterocycles. The van der Waals surface area contributed by atoms with Crippen molar-refractivity contribution < 1.29 is 23.7 Å². The molecule has 1 aliphatic rings. The summed E-state index contributed by atoms with van der Waals surface area (Å²) in [4.78, 5) is 12.8. The van der Waals surface area contributed by atoms with E-state index in [0.717, 1.165) is 16.7 Å². The number of carbonyl (C=O) groups excluding carboxylic acids is 1. The standard InChI is InChI=1S/C29H29ClN2O5/c1-18-5-6-20(12-27(18)36-24-11-21(15-31)10-22(30)14-24)13-28(33)32-26-8-7-23(9-19(26)2)34-16-25-17-35-29(3,4)37-25/h5-12,14,25H,13,16-17H2,1-4H3,(H,32,33)/t25-/m1/s1. The highest BCUT2D eigenvalue weighted by Gasteiger charge is 2.33. The van der Waals surface area contributed by atoms with Gasteiger partial charge in [-0.05, 0) is 86.8 Å². The van der Waals surface area contributed by atoms with E-state index in [0.29, 0.717) is 46.7 Å². The molecule has 1 atom stereocenters. The number of nitrogens with one attached hydrogen (secondary N) is 1. The number of hydrogen-bond donors (Lipinski definition) is 1. The minimum Gasteiger partial charge on any atom is -0.491 e. The molecular weight excluding hydrogens is 492 g/mol. The summed E-state index contributed by atoms with van der Waals surface area (Å²) in [6.45, 7) is 8.46. The van der Waals surface area contributed by atoms with Gasteiger partial charge in [0.2, 0.25) is 5.91 Å². The maximum absolute atomic E-state index is 12.8. The van der Waals surface area contributed by atoms with Crippen molar-refractivity contribution >= 4 is 23.2 Å². The molecule has 1 N–H and O–H groups in total. The lowest BCUT2D eigenvalue weighted by atomic mass is 10.1. The fourth-order valence-corrected chi connectivity index (χ4v) is 4.18. The number of hydrogen-bond acceptors (Lipinski definition) is 6. The van der Waals surface area contributed by atoms with Crippen molar-refractivity contribution in [2.24, 2.45) is 0 Å². The van der Waals surface area contributed by atoms with E-state index in [2.05, 4.69) is 11.4 Å². The third kappa shape index (κ3) is 7.23. The topological polar surface area (TPSA) is 89.8 Å². The van der Waals surface area contributed by atoms with Crippen LogP contribution < -0.4 is 14.8 Å². The van der Waals surface area contributed by atoms with Crippen LogP contribution in [-0.4, -0.2) is 31.0 Å². The molecule has 1 amide bonds. The van der Waals surface area contributed by atoms with Gasteiger partial charge in [-0.15, -0.1) is 0 Å². The summed E-state index contributed by atoms with van der Waals surface area (Å²) < 4.78 is 23.2. The van der Waals surface area contributed by atoms with E-state index < -0.39 is 5.79 Å². The summed E-state index contributed by atoms with van der Waals surface area (Å²) >= 11 is 6.09. The zero-order valence-electron chi connectivity index (χ0n) is 21.3. The highest BCUT2D eigenvalue weighted by Crippen LogP contribution is 2.30. The number of amides is 1. The molecular formula is C29H29ClN2O5. The van der Waals surface area contributed by atoms with Crippen LogP contribution in [0.2, 0.25) is 5.02 Å². The number of benzene rings is 3. The van der Waals surface area contributed by atoms with Crippen LogP contribution in [0.4, 0.5) is 5.69 Å². The third-order valence-electron chi connectivity index (χ3n) is 5.82. The Balaban J connectivity index is 1.36. The van der Waals surface area contributed by atoms with Crippen LogP contribution >= 0.6 is 11.6 Å². The van der Waals surface area contributed by atoms with E-state index in [1.165, 1.54) is 0 Å². The van der Waals surface area contributed by atoms with Gasteiger partial charge in [0, 0.05) is 10.7 Å². The van der Waals surface area contributed by atoms with Crippen molar-refractivity contribution in [3.8, 4) is 23.3 Å². The Bertz CT molecular complexity index is 1350. The molecule has 8 heteroatoms. The van der Waals surface area contributed by atoms with Crippen molar-refractivity contribution in [2.75, 3.05) is 18.5 Å². The van der Waals surface area contributed by atoms with E-state index in [4.69, 9.17) is 35.8 Å². The summed E-state index contributed by atoms with van der Waals surface area (Å²) in [7, 11) is 0. The van der Waals surface area contributed by atoms with Gasteiger partial charge in [-0.2, -0.15) is 5.26 Å². The monoisotopic (exact) mass is 520 g/mol. The largest absolute Gasteiger partial charge is 0.491 e. The molecule has 0 unspecified atom stereocenters. The number of rotatable bonds is 8. The molecule has 0 aromatic heterocycles. The molecule has 192 valence electrons. The fourth-order valence-electron chi connectivity index (χ4n) is 3.96. The Morgan fingerprint density at radius 2 is 1.92 bits per heavy atom. The number of nitriles is 1. The molecule has 1 heterocycles. The van der Waals surface area contributed by atoms with Gasteiger partial charge in [0.15, 0.2) is 5.79 Å². The first-order chi connectivity index (χ1) is 17.6. The molecule has 37 heavy (non-hydrogen) atoms. The van der Waals surface area contributed by atoms with Gasteiger partial charge in [0.25, 0.3) is 0 Å². The minimum atomic E-state index is -0.585. The SMILES string of the molecule is Cc1cc(OC[C@@H]2COC(C)(C)O2)ccc1NC(=O)Cc1ccc(C)c(Oc2cc(Cl)cc(C#N)c2)c1. The van der Waals surface area contributed by atoms with Gasteiger partial charge >= 0.3 is 0 Å². The second kappa shape index (κ2) is 11.2. The zero-order valence-corrected chi connectivity index (χ0v) is 22.0. The van der Waals surface area contributed by atoms with Crippen LogP contribution in [0.15, 0.2) is 54.6 Å². The van der Waals surface area contributed by atoms with E-state index in [9.17, 15) is 4.79 Å². The molecule has 1 fully saturated rings. The Morgan fingerprint density at radius 1 is 1.11 bits per heavy atom. The number of anilines is 1. The van der Waals surface area contributed by atoms with E-state index >= 15 is 0 Å². The Morgan fingerprint density at radius 3 is 2.62 bits per heavy atom. The highest BCUT2D eigenvalue weighted by molar-refractivity contribution is 6.30. The van der Waals surface area contributed by atoms with E-state index in [1.807, 2.05) is 64.1 Å². The molecule has 3 aromatic carbocycles. The van der Waals surface area contributed by atoms with E-state index in [1.54, 1.807) is 18.2 Å². The van der Waals surface area contributed by atoms with Gasteiger partial charge in [-0.3, -0.25) is 4.79 Å². The quantitative estimate of drug-likeness (QED) is 0.373. The first-order valence-electron chi connectivity index (χ1n) is 11.9. The maximum atomic E-state index is 12.8. The normalized spacial score (nSPS) is 16.2. The average Bonchev–Trinajstić information content (AvgIpc) is 3.19. The summed E-state index contributed by atoms with van der Waals surface area (Å²) in [5, 5.41) is 12.6.